The molecule has 2 amide bonds. The first kappa shape index (κ1) is 19.1. The highest BCUT2D eigenvalue weighted by Gasteiger charge is 2.42. The van der Waals surface area contributed by atoms with Crippen molar-refractivity contribution in [2.24, 2.45) is 5.14 Å². The number of amides is 2. The van der Waals surface area contributed by atoms with Gasteiger partial charge in [-0.3, -0.25) is 9.59 Å². The minimum Gasteiger partial charge on any atom is -0.274 e. The molecule has 1 fully saturated rings. The van der Waals surface area contributed by atoms with E-state index in [0.29, 0.717) is 22.6 Å². The summed E-state index contributed by atoms with van der Waals surface area (Å²) in [5.41, 5.74) is -1.33. The number of imide groups is 1. The summed E-state index contributed by atoms with van der Waals surface area (Å²) in [6.45, 7) is 0. The molecule has 1 aliphatic rings. The van der Waals surface area contributed by atoms with Crippen molar-refractivity contribution >= 4 is 27.5 Å². The number of anilines is 1. The summed E-state index contributed by atoms with van der Waals surface area (Å²) in [6.07, 6.45) is -5.23. The van der Waals surface area contributed by atoms with E-state index >= 15 is 0 Å². The molecule has 6 nitrogen and oxygen atoms in total. The fourth-order valence-electron chi connectivity index (χ4n) is 2.98. The van der Waals surface area contributed by atoms with Gasteiger partial charge in [-0.1, -0.05) is 30.3 Å². The maximum Gasteiger partial charge on any atom is 0.417 e. The third-order valence-electron chi connectivity index (χ3n) is 4.18. The lowest BCUT2D eigenvalue weighted by molar-refractivity contribution is -0.140. The van der Waals surface area contributed by atoms with E-state index in [-0.39, 0.29) is 12.1 Å². The van der Waals surface area contributed by atoms with Crippen LogP contribution >= 0.6 is 0 Å². The largest absolute Gasteiger partial charge is 0.417 e. The number of alkyl halides is 3. The predicted octanol–water partition coefficient (Wildman–Crippen LogP) is 2.40. The molecular weight excluding hydrogens is 385 g/mol. The van der Waals surface area contributed by atoms with Crippen LogP contribution in [-0.4, -0.2) is 20.2 Å². The Hall–Kier alpha value is -2.72. The van der Waals surface area contributed by atoms with Gasteiger partial charge < -0.3 is 0 Å². The zero-order valence-electron chi connectivity index (χ0n) is 13.6. The van der Waals surface area contributed by atoms with Crippen molar-refractivity contribution in [2.45, 2.75) is 23.4 Å². The minimum absolute atomic E-state index is 0.193. The van der Waals surface area contributed by atoms with Gasteiger partial charge >= 0.3 is 6.18 Å². The Bertz CT molecular complexity index is 1020. The normalized spacial score (nSPS) is 18.2. The minimum atomic E-state index is -5.04. The van der Waals surface area contributed by atoms with Crippen LogP contribution in [0, 0.1) is 0 Å². The van der Waals surface area contributed by atoms with Crippen molar-refractivity contribution in [3.63, 3.8) is 0 Å². The van der Waals surface area contributed by atoms with E-state index in [1.165, 1.54) is 0 Å². The van der Waals surface area contributed by atoms with Gasteiger partial charge in [0.2, 0.25) is 21.8 Å². The van der Waals surface area contributed by atoms with Crippen LogP contribution in [0.5, 0.6) is 0 Å². The Labute approximate surface area is 152 Å². The topological polar surface area (TPSA) is 97.5 Å². The second-order valence-corrected chi connectivity index (χ2v) is 7.49. The number of nitrogens with two attached hydrogens (primary N) is 1. The fraction of sp³-hybridized carbons (Fsp3) is 0.176. The molecule has 0 radical (unpaired) electrons. The Morgan fingerprint density at radius 1 is 1.04 bits per heavy atom. The second-order valence-electron chi connectivity index (χ2n) is 5.96. The van der Waals surface area contributed by atoms with E-state index in [1.807, 2.05) is 0 Å². The van der Waals surface area contributed by atoms with Crippen molar-refractivity contribution in [1.29, 1.82) is 0 Å². The predicted molar refractivity (Wildman–Crippen MR) is 89.1 cm³/mol. The molecule has 2 aromatic rings. The lowest BCUT2D eigenvalue weighted by Crippen LogP contribution is -2.30. The van der Waals surface area contributed by atoms with Gasteiger partial charge in [0.1, 0.15) is 0 Å². The Morgan fingerprint density at radius 2 is 1.67 bits per heavy atom. The fourth-order valence-corrected chi connectivity index (χ4v) is 3.71. The summed E-state index contributed by atoms with van der Waals surface area (Å²) < 4.78 is 62.7. The highest BCUT2D eigenvalue weighted by molar-refractivity contribution is 7.89. The van der Waals surface area contributed by atoms with Gasteiger partial charge in [-0.25, -0.2) is 18.5 Å². The second kappa shape index (κ2) is 6.46. The molecule has 3 rings (SSSR count). The molecule has 0 aromatic heterocycles. The van der Waals surface area contributed by atoms with Crippen molar-refractivity contribution < 1.29 is 31.2 Å². The smallest absolute Gasteiger partial charge is 0.274 e. The first-order valence-corrected chi connectivity index (χ1v) is 9.20. The number of carbonyl (C=O) groups is 2. The number of halogens is 3. The molecule has 1 atom stereocenters. The van der Waals surface area contributed by atoms with Crippen LogP contribution in [0.4, 0.5) is 18.9 Å². The molecule has 1 saturated heterocycles. The van der Waals surface area contributed by atoms with Crippen LogP contribution < -0.4 is 10.0 Å². The van der Waals surface area contributed by atoms with Crippen molar-refractivity contribution in [2.75, 3.05) is 4.90 Å². The molecule has 27 heavy (non-hydrogen) atoms. The van der Waals surface area contributed by atoms with Crippen molar-refractivity contribution in [1.82, 2.24) is 0 Å². The van der Waals surface area contributed by atoms with E-state index in [2.05, 4.69) is 0 Å². The van der Waals surface area contributed by atoms with Gasteiger partial charge in [-0.05, 0) is 23.8 Å². The molecule has 0 saturated carbocycles. The molecule has 1 heterocycles. The van der Waals surface area contributed by atoms with Crippen molar-refractivity contribution in [3.05, 3.63) is 59.7 Å². The Morgan fingerprint density at radius 3 is 2.22 bits per heavy atom. The van der Waals surface area contributed by atoms with E-state index in [4.69, 9.17) is 5.14 Å². The quantitative estimate of drug-likeness (QED) is 0.803. The lowest BCUT2D eigenvalue weighted by atomic mass is 9.98. The molecule has 0 unspecified atom stereocenters. The number of hydrogen-bond donors (Lipinski definition) is 1. The number of primary sulfonamides is 1. The molecule has 142 valence electrons. The summed E-state index contributed by atoms with van der Waals surface area (Å²) in [7, 11) is -4.65. The molecular formula is C17H13F3N2O4S. The molecule has 2 aromatic carbocycles. The summed E-state index contributed by atoms with van der Waals surface area (Å²) >= 11 is 0. The maximum atomic E-state index is 13.3. The zero-order valence-corrected chi connectivity index (χ0v) is 14.4. The number of carbonyl (C=O) groups excluding carboxylic acids is 2. The van der Waals surface area contributed by atoms with E-state index in [0.717, 1.165) is 6.07 Å². The zero-order chi connectivity index (χ0) is 20.0. The van der Waals surface area contributed by atoms with Crippen LogP contribution in [-0.2, 0) is 25.8 Å². The van der Waals surface area contributed by atoms with Gasteiger partial charge in [0.05, 0.1) is 22.1 Å². The Balaban J connectivity index is 2.06. The summed E-state index contributed by atoms with van der Waals surface area (Å²) in [6, 6.07) is 10.4. The summed E-state index contributed by atoms with van der Waals surface area (Å²) in [5.74, 6) is -2.17. The SMILES string of the molecule is NS(=O)(=O)c1ccc(N2C(=O)C[C@H](c3ccccc3)C2=O)cc1C(F)(F)F. The Kier molecular flexibility index (Phi) is 4.56. The first-order valence-electron chi connectivity index (χ1n) is 7.66. The van der Waals surface area contributed by atoms with E-state index in [1.54, 1.807) is 30.3 Å². The average molecular weight is 398 g/mol. The third-order valence-corrected chi connectivity index (χ3v) is 5.15. The van der Waals surface area contributed by atoms with Crippen LogP contribution in [0.15, 0.2) is 53.4 Å². The summed E-state index contributed by atoms with van der Waals surface area (Å²) in [5, 5.41) is 4.84. The lowest BCUT2D eigenvalue weighted by Gasteiger charge is -2.18. The highest BCUT2D eigenvalue weighted by atomic mass is 32.2. The molecule has 2 N–H and O–H groups in total. The number of nitrogens with zero attached hydrogens (tertiary/aromatic N) is 1. The van der Waals surface area contributed by atoms with Gasteiger partial charge in [-0.15, -0.1) is 0 Å². The first-order chi connectivity index (χ1) is 12.5. The number of hydrogen-bond acceptors (Lipinski definition) is 4. The van der Waals surface area contributed by atoms with Gasteiger partial charge in [-0.2, -0.15) is 13.2 Å². The van der Waals surface area contributed by atoms with Gasteiger partial charge in [0.15, 0.2) is 0 Å². The average Bonchev–Trinajstić information content (AvgIpc) is 2.88. The highest BCUT2D eigenvalue weighted by Crippen LogP contribution is 2.39. The van der Waals surface area contributed by atoms with Crippen LogP contribution in [0.2, 0.25) is 0 Å². The van der Waals surface area contributed by atoms with Crippen molar-refractivity contribution in [3.8, 4) is 0 Å². The molecule has 0 aliphatic carbocycles. The number of sulfonamides is 1. The number of benzene rings is 2. The number of rotatable bonds is 3. The molecule has 0 bridgehead atoms. The monoisotopic (exact) mass is 398 g/mol. The van der Waals surface area contributed by atoms with Crippen LogP contribution in [0.1, 0.15) is 23.5 Å². The maximum absolute atomic E-state index is 13.3. The van der Waals surface area contributed by atoms with Gasteiger partial charge in [0, 0.05) is 6.42 Å². The standard InChI is InChI=1S/C17H13F3N2O4S/c18-17(19,20)13-8-11(6-7-14(13)27(21,25)26)22-15(23)9-12(16(22)24)10-4-2-1-3-5-10/h1-8,12H,9H2,(H2,21,25,26)/t12-/m1/s1. The van der Waals surface area contributed by atoms with E-state index < -0.39 is 44.4 Å². The van der Waals surface area contributed by atoms with E-state index in [9.17, 15) is 31.2 Å². The van der Waals surface area contributed by atoms with Crippen LogP contribution in [0.25, 0.3) is 0 Å². The van der Waals surface area contributed by atoms with Gasteiger partial charge in [0.25, 0.3) is 0 Å². The molecule has 10 heteroatoms. The molecule has 1 aliphatic heterocycles. The summed E-state index contributed by atoms with van der Waals surface area (Å²) in [4.78, 5) is 24.4. The molecule has 0 spiro atoms. The van der Waals surface area contributed by atoms with Crippen LogP contribution in [0.3, 0.4) is 0 Å². The third kappa shape index (κ3) is 3.58.